The molecule has 1 unspecified atom stereocenters. The van der Waals surface area contributed by atoms with Crippen molar-refractivity contribution in [3.05, 3.63) is 0 Å². The number of hydrogen-bond acceptors (Lipinski definition) is 3. The third-order valence-electron chi connectivity index (χ3n) is 4.09. The number of rotatable bonds is 3. The molecule has 16 heavy (non-hydrogen) atoms. The van der Waals surface area contributed by atoms with Gasteiger partial charge in [0, 0.05) is 31.6 Å². The molecule has 0 aliphatic carbocycles. The number of piperidine rings is 1. The van der Waals surface area contributed by atoms with E-state index >= 15 is 0 Å². The second-order valence-corrected chi connectivity index (χ2v) is 5.52. The SMILES string of the molecule is CC1(C(=O)CC2CCOCC2)CCCNC1. The maximum Gasteiger partial charge on any atom is 0.140 e. The zero-order chi connectivity index (χ0) is 11.4. The highest BCUT2D eigenvalue weighted by atomic mass is 16.5. The fourth-order valence-corrected chi connectivity index (χ4v) is 2.75. The first-order valence-corrected chi connectivity index (χ1v) is 6.52. The molecule has 0 amide bonds. The second kappa shape index (κ2) is 5.28. The summed E-state index contributed by atoms with van der Waals surface area (Å²) in [6.45, 7) is 5.75. The minimum absolute atomic E-state index is 0.101. The lowest BCUT2D eigenvalue weighted by atomic mass is 9.75. The first-order valence-electron chi connectivity index (χ1n) is 6.52. The number of carbonyl (C=O) groups is 1. The van der Waals surface area contributed by atoms with Crippen molar-refractivity contribution in [2.75, 3.05) is 26.3 Å². The first-order chi connectivity index (χ1) is 7.71. The summed E-state index contributed by atoms with van der Waals surface area (Å²) in [5.74, 6) is 1.03. The van der Waals surface area contributed by atoms with Crippen LogP contribution >= 0.6 is 0 Å². The van der Waals surface area contributed by atoms with Crippen LogP contribution in [0.3, 0.4) is 0 Å². The molecule has 0 saturated carbocycles. The molecule has 0 spiro atoms. The molecule has 1 N–H and O–H groups in total. The van der Waals surface area contributed by atoms with Gasteiger partial charge >= 0.3 is 0 Å². The third kappa shape index (κ3) is 2.83. The normalized spacial score (nSPS) is 32.6. The molecular weight excluding hydrogens is 202 g/mol. The maximum absolute atomic E-state index is 12.3. The predicted molar refractivity (Wildman–Crippen MR) is 63.4 cm³/mol. The van der Waals surface area contributed by atoms with E-state index in [2.05, 4.69) is 12.2 Å². The van der Waals surface area contributed by atoms with E-state index in [1.165, 1.54) is 0 Å². The zero-order valence-electron chi connectivity index (χ0n) is 10.3. The summed E-state index contributed by atoms with van der Waals surface area (Å²) >= 11 is 0. The summed E-state index contributed by atoms with van der Waals surface area (Å²) in [7, 11) is 0. The van der Waals surface area contributed by atoms with Crippen molar-refractivity contribution < 1.29 is 9.53 Å². The number of hydrogen-bond donors (Lipinski definition) is 1. The zero-order valence-corrected chi connectivity index (χ0v) is 10.3. The highest BCUT2D eigenvalue weighted by Crippen LogP contribution is 2.31. The van der Waals surface area contributed by atoms with Gasteiger partial charge in [0.25, 0.3) is 0 Å². The van der Waals surface area contributed by atoms with Gasteiger partial charge in [0.15, 0.2) is 0 Å². The molecular formula is C13H23NO2. The predicted octanol–water partition coefficient (Wildman–Crippen LogP) is 1.76. The van der Waals surface area contributed by atoms with Crippen molar-refractivity contribution in [2.24, 2.45) is 11.3 Å². The van der Waals surface area contributed by atoms with E-state index in [0.29, 0.717) is 11.7 Å². The summed E-state index contributed by atoms with van der Waals surface area (Å²) in [6.07, 6.45) is 5.09. The number of ketones is 1. The van der Waals surface area contributed by atoms with Crippen LogP contribution in [-0.4, -0.2) is 32.1 Å². The number of Topliss-reactive ketones (excluding diaryl/α,β-unsaturated/α-hetero) is 1. The lowest BCUT2D eigenvalue weighted by molar-refractivity contribution is -0.130. The Morgan fingerprint density at radius 1 is 1.44 bits per heavy atom. The Labute approximate surface area is 97.9 Å². The number of carbonyl (C=O) groups excluding carboxylic acids is 1. The Morgan fingerprint density at radius 3 is 2.81 bits per heavy atom. The molecule has 2 aliphatic heterocycles. The summed E-state index contributed by atoms with van der Waals surface area (Å²) in [5, 5.41) is 3.35. The van der Waals surface area contributed by atoms with Crippen LogP contribution in [0.15, 0.2) is 0 Å². The standard InChI is InChI=1S/C13H23NO2/c1-13(5-2-6-14-10-13)12(15)9-11-3-7-16-8-4-11/h11,14H,2-10H2,1H3. The lowest BCUT2D eigenvalue weighted by Gasteiger charge is -2.34. The fourth-order valence-electron chi connectivity index (χ4n) is 2.75. The quantitative estimate of drug-likeness (QED) is 0.795. The maximum atomic E-state index is 12.3. The summed E-state index contributed by atoms with van der Waals surface area (Å²) in [4.78, 5) is 12.3. The Bertz CT molecular complexity index is 240. The Balaban J connectivity index is 1.85. The molecule has 0 bridgehead atoms. The Hall–Kier alpha value is -0.410. The van der Waals surface area contributed by atoms with E-state index in [9.17, 15) is 4.79 Å². The van der Waals surface area contributed by atoms with E-state index in [-0.39, 0.29) is 5.41 Å². The van der Waals surface area contributed by atoms with Gasteiger partial charge in [-0.2, -0.15) is 0 Å². The van der Waals surface area contributed by atoms with Gasteiger partial charge in [-0.1, -0.05) is 6.92 Å². The minimum Gasteiger partial charge on any atom is -0.381 e. The van der Waals surface area contributed by atoms with Crippen molar-refractivity contribution >= 4 is 5.78 Å². The van der Waals surface area contributed by atoms with Crippen molar-refractivity contribution in [1.82, 2.24) is 5.32 Å². The summed E-state index contributed by atoms with van der Waals surface area (Å²) in [6, 6.07) is 0. The average Bonchev–Trinajstić information content (AvgIpc) is 2.31. The van der Waals surface area contributed by atoms with Gasteiger partial charge in [0.2, 0.25) is 0 Å². The summed E-state index contributed by atoms with van der Waals surface area (Å²) < 4.78 is 5.33. The lowest BCUT2D eigenvalue weighted by Crippen LogP contribution is -2.44. The summed E-state index contributed by atoms with van der Waals surface area (Å²) in [5.41, 5.74) is -0.101. The van der Waals surface area contributed by atoms with Crippen LogP contribution in [0, 0.1) is 11.3 Å². The van der Waals surface area contributed by atoms with Crippen LogP contribution in [-0.2, 0) is 9.53 Å². The largest absolute Gasteiger partial charge is 0.381 e. The molecule has 92 valence electrons. The van der Waals surface area contributed by atoms with Crippen LogP contribution in [0.25, 0.3) is 0 Å². The molecule has 0 aromatic rings. The van der Waals surface area contributed by atoms with Crippen LogP contribution in [0.2, 0.25) is 0 Å². The average molecular weight is 225 g/mol. The van der Waals surface area contributed by atoms with Crippen LogP contribution in [0.4, 0.5) is 0 Å². The van der Waals surface area contributed by atoms with Gasteiger partial charge in [-0.25, -0.2) is 0 Å². The van der Waals surface area contributed by atoms with Gasteiger partial charge in [-0.3, -0.25) is 4.79 Å². The van der Waals surface area contributed by atoms with Gasteiger partial charge < -0.3 is 10.1 Å². The van der Waals surface area contributed by atoms with Crippen LogP contribution in [0.1, 0.15) is 39.0 Å². The topological polar surface area (TPSA) is 38.3 Å². The second-order valence-electron chi connectivity index (χ2n) is 5.52. The smallest absolute Gasteiger partial charge is 0.140 e. The Morgan fingerprint density at radius 2 is 2.19 bits per heavy atom. The molecule has 2 aliphatic rings. The molecule has 2 saturated heterocycles. The van der Waals surface area contributed by atoms with Gasteiger partial charge in [-0.15, -0.1) is 0 Å². The first kappa shape index (κ1) is 12.1. The van der Waals surface area contributed by atoms with Gasteiger partial charge in [0.05, 0.1) is 0 Å². The van der Waals surface area contributed by atoms with Crippen molar-refractivity contribution in [3.8, 4) is 0 Å². The highest BCUT2D eigenvalue weighted by molar-refractivity contribution is 5.85. The fraction of sp³-hybridized carbons (Fsp3) is 0.923. The third-order valence-corrected chi connectivity index (χ3v) is 4.09. The molecule has 3 nitrogen and oxygen atoms in total. The van der Waals surface area contributed by atoms with Gasteiger partial charge in [-0.05, 0) is 38.1 Å². The van der Waals surface area contributed by atoms with E-state index in [0.717, 1.165) is 58.4 Å². The van der Waals surface area contributed by atoms with Crippen molar-refractivity contribution in [1.29, 1.82) is 0 Å². The molecule has 0 radical (unpaired) electrons. The molecule has 2 fully saturated rings. The minimum atomic E-state index is -0.101. The van der Waals surface area contributed by atoms with E-state index < -0.39 is 0 Å². The van der Waals surface area contributed by atoms with Crippen molar-refractivity contribution in [3.63, 3.8) is 0 Å². The van der Waals surface area contributed by atoms with E-state index in [1.807, 2.05) is 0 Å². The number of nitrogens with one attached hydrogen (secondary N) is 1. The molecule has 3 heteroatoms. The molecule has 2 rings (SSSR count). The molecule has 2 heterocycles. The highest BCUT2D eigenvalue weighted by Gasteiger charge is 2.35. The van der Waals surface area contributed by atoms with Gasteiger partial charge in [0.1, 0.15) is 5.78 Å². The number of ether oxygens (including phenoxy) is 1. The monoisotopic (exact) mass is 225 g/mol. The van der Waals surface area contributed by atoms with Crippen molar-refractivity contribution in [2.45, 2.75) is 39.0 Å². The Kier molecular flexibility index (Phi) is 3.98. The van der Waals surface area contributed by atoms with E-state index in [4.69, 9.17) is 4.74 Å². The van der Waals surface area contributed by atoms with Crippen LogP contribution in [0.5, 0.6) is 0 Å². The molecule has 1 atom stereocenters. The van der Waals surface area contributed by atoms with Crippen LogP contribution < -0.4 is 5.32 Å². The molecule has 0 aromatic carbocycles. The van der Waals surface area contributed by atoms with E-state index in [1.54, 1.807) is 0 Å². The molecule has 0 aromatic heterocycles.